The van der Waals surface area contributed by atoms with Crippen molar-refractivity contribution in [2.75, 3.05) is 45.0 Å². The molecule has 1 aromatic heterocycles. The molecular formula is C42H49ClFN5O6. The summed E-state index contributed by atoms with van der Waals surface area (Å²) in [6.45, 7) is 10.1. The van der Waals surface area contributed by atoms with Crippen molar-refractivity contribution in [1.82, 2.24) is 19.8 Å². The smallest absolute Gasteiger partial charge is 0.410 e. The summed E-state index contributed by atoms with van der Waals surface area (Å²) in [6.07, 6.45) is 5.44. The highest BCUT2D eigenvalue weighted by Crippen LogP contribution is 2.46. The minimum atomic E-state index is -0.603. The molecule has 6 unspecified atom stereocenters. The van der Waals surface area contributed by atoms with E-state index in [0.717, 1.165) is 49.4 Å². The van der Waals surface area contributed by atoms with E-state index in [1.165, 1.54) is 0 Å². The summed E-state index contributed by atoms with van der Waals surface area (Å²) in [6, 6.07) is 14.2. The third-order valence-corrected chi connectivity index (χ3v) is 12.2. The first-order valence-corrected chi connectivity index (χ1v) is 20.0. The number of aromatic nitrogens is 2. The number of fused-ring (bicyclic) bond motifs is 4. The summed E-state index contributed by atoms with van der Waals surface area (Å²) < 4.78 is 46.8. The van der Waals surface area contributed by atoms with Crippen molar-refractivity contribution in [2.24, 2.45) is 5.92 Å². The lowest BCUT2D eigenvalue weighted by atomic mass is 9.96. The minimum Gasteiger partial charge on any atom is -0.468 e. The van der Waals surface area contributed by atoms with Gasteiger partial charge in [-0.3, -0.25) is 9.80 Å². The number of carbonyl (C=O) groups is 1. The van der Waals surface area contributed by atoms with Crippen LogP contribution in [0.4, 0.5) is 15.0 Å². The summed E-state index contributed by atoms with van der Waals surface area (Å²) in [7, 11) is 1.55. The van der Waals surface area contributed by atoms with Crippen LogP contribution in [0.2, 0.25) is 5.02 Å². The van der Waals surface area contributed by atoms with E-state index in [0.29, 0.717) is 66.5 Å². The molecule has 7 atom stereocenters. The van der Waals surface area contributed by atoms with Crippen molar-refractivity contribution >= 4 is 45.2 Å². The largest absolute Gasteiger partial charge is 0.468 e. The Balaban J connectivity index is 1.08. The van der Waals surface area contributed by atoms with Gasteiger partial charge >= 0.3 is 12.1 Å². The maximum atomic E-state index is 17.4. The molecule has 4 aromatic rings. The van der Waals surface area contributed by atoms with E-state index < -0.39 is 11.4 Å². The van der Waals surface area contributed by atoms with Gasteiger partial charge in [-0.25, -0.2) is 9.18 Å². The molecular weight excluding hydrogens is 725 g/mol. The average molecular weight is 774 g/mol. The topological polar surface area (TPSA) is 98.7 Å². The molecule has 1 amide bonds. The van der Waals surface area contributed by atoms with Gasteiger partial charge in [-0.05, 0) is 87.4 Å². The number of piperidine rings is 1. The Labute approximate surface area is 325 Å². The quantitative estimate of drug-likeness (QED) is 0.148. The molecule has 0 saturated carbocycles. The fourth-order valence-electron chi connectivity index (χ4n) is 9.75. The summed E-state index contributed by atoms with van der Waals surface area (Å²) >= 11 is 7.09. The molecule has 0 radical (unpaired) electrons. The Morgan fingerprint density at radius 2 is 1.80 bits per heavy atom. The van der Waals surface area contributed by atoms with E-state index in [1.807, 2.05) is 56.0 Å². The van der Waals surface area contributed by atoms with Gasteiger partial charge in [0.1, 0.15) is 22.7 Å². The number of anilines is 1. The number of methoxy groups -OCH3 is 1. The number of benzene rings is 3. The molecule has 6 bridgehead atoms. The normalized spacial score (nSPS) is 26.4. The van der Waals surface area contributed by atoms with Crippen LogP contribution in [-0.2, 0) is 14.2 Å². The predicted molar refractivity (Wildman–Crippen MR) is 209 cm³/mol. The van der Waals surface area contributed by atoms with Crippen molar-refractivity contribution in [2.45, 2.75) is 102 Å². The van der Waals surface area contributed by atoms with Crippen LogP contribution in [0.25, 0.3) is 32.8 Å². The van der Waals surface area contributed by atoms with Crippen LogP contribution in [-0.4, -0.2) is 108 Å². The Hall–Kier alpha value is -3.97. The Morgan fingerprint density at radius 1 is 1.02 bits per heavy atom. The molecule has 6 aliphatic heterocycles. The van der Waals surface area contributed by atoms with Gasteiger partial charge < -0.3 is 28.6 Å². The first kappa shape index (κ1) is 36.7. The number of rotatable bonds is 10. The molecule has 7 heterocycles. The van der Waals surface area contributed by atoms with Crippen molar-refractivity contribution in [3.63, 3.8) is 0 Å². The van der Waals surface area contributed by atoms with Crippen LogP contribution in [0.1, 0.15) is 59.8 Å². The van der Waals surface area contributed by atoms with Crippen molar-refractivity contribution in [1.29, 1.82) is 0 Å². The molecule has 0 spiro atoms. The number of halogens is 2. The second-order valence-electron chi connectivity index (χ2n) is 17.0. The Kier molecular flexibility index (Phi) is 9.46. The number of carbonyl (C=O) groups excluding carboxylic acids is 1. The van der Waals surface area contributed by atoms with E-state index in [1.54, 1.807) is 19.2 Å². The first-order valence-electron chi connectivity index (χ1n) is 19.6. The van der Waals surface area contributed by atoms with Gasteiger partial charge in [-0.2, -0.15) is 9.97 Å². The molecule has 6 fully saturated rings. The molecule has 6 aliphatic rings. The SMILES string of the molecule is COCOc1cc(-c2c(Cl)cc3c(N4CC5CCC(C4)N5C(=O)OC(C)(C)C)nc(OC[C@H](C)CN4C5CC6CC4C(C5)O6)nc3c2F)c2ccccc2c1. The minimum absolute atomic E-state index is 0.0402. The molecule has 10 rings (SSSR count). The summed E-state index contributed by atoms with van der Waals surface area (Å²) in [4.78, 5) is 29.7. The van der Waals surface area contributed by atoms with Gasteiger partial charge in [-0.1, -0.05) is 42.8 Å². The van der Waals surface area contributed by atoms with E-state index in [9.17, 15) is 4.79 Å². The van der Waals surface area contributed by atoms with E-state index >= 15 is 4.39 Å². The van der Waals surface area contributed by atoms with Gasteiger partial charge in [0.2, 0.25) is 0 Å². The fourth-order valence-corrected chi connectivity index (χ4v) is 10.0. The third kappa shape index (κ3) is 6.83. The lowest BCUT2D eigenvalue weighted by Gasteiger charge is -2.42. The number of hydrogen-bond donors (Lipinski definition) is 0. The van der Waals surface area contributed by atoms with Crippen LogP contribution in [0, 0.1) is 11.7 Å². The molecule has 0 N–H and O–H groups in total. The highest BCUT2D eigenvalue weighted by molar-refractivity contribution is 6.35. The van der Waals surface area contributed by atoms with Crippen LogP contribution in [0.5, 0.6) is 11.8 Å². The highest BCUT2D eigenvalue weighted by Gasteiger charge is 2.53. The van der Waals surface area contributed by atoms with E-state index in [4.69, 9.17) is 45.3 Å². The van der Waals surface area contributed by atoms with Crippen LogP contribution in [0.3, 0.4) is 0 Å². The van der Waals surface area contributed by atoms with E-state index in [-0.39, 0.29) is 53.0 Å². The molecule has 55 heavy (non-hydrogen) atoms. The van der Waals surface area contributed by atoms with Crippen molar-refractivity contribution in [3.05, 3.63) is 53.3 Å². The molecule has 11 nitrogen and oxygen atoms in total. The van der Waals surface area contributed by atoms with Gasteiger partial charge in [0.25, 0.3) is 0 Å². The van der Waals surface area contributed by atoms with Crippen molar-refractivity contribution < 1.29 is 32.9 Å². The summed E-state index contributed by atoms with van der Waals surface area (Å²) in [5.74, 6) is 0.670. The number of hydrogen-bond acceptors (Lipinski definition) is 10. The monoisotopic (exact) mass is 773 g/mol. The van der Waals surface area contributed by atoms with Gasteiger partial charge in [0, 0.05) is 55.7 Å². The average Bonchev–Trinajstić information content (AvgIpc) is 3.68. The fraction of sp³-hybridized carbons (Fsp3) is 0.548. The standard InChI is InChI=1S/C42H49ClFN5O6/c1-23(18-48-27-13-29-16-34(48)35(14-27)54-29)21-52-40-45-38-32(39(46-40)47-19-25-10-11-26(20-47)49(25)41(50)55-42(2,3)4)17-33(43)36(37(38)44)31-15-28(53-22-51-5)12-24-8-6-7-9-30(24)31/h6-9,12,15,17,23,25-27,29,34-35H,10-11,13-14,16,18-22H2,1-5H3/t23-,25?,26?,27?,29?,34?,35?/m1/s1. The molecule has 3 aromatic carbocycles. The second kappa shape index (κ2) is 14.2. The van der Waals surface area contributed by atoms with Crippen LogP contribution < -0.4 is 14.4 Å². The highest BCUT2D eigenvalue weighted by atomic mass is 35.5. The number of amides is 1. The molecule has 292 valence electrons. The summed E-state index contributed by atoms with van der Waals surface area (Å²) in [5.41, 5.74) is 0.307. The third-order valence-electron chi connectivity index (χ3n) is 11.9. The lowest BCUT2D eigenvalue weighted by molar-refractivity contribution is 0.00139. The first-order chi connectivity index (χ1) is 26.4. The number of piperazine rings is 1. The van der Waals surface area contributed by atoms with Crippen LogP contribution in [0.15, 0.2) is 42.5 Å². The maximum absolute atomic E-state index is 17.4. The van der Waals surface area contributed by atoms with Gasteiger partial charge in [0.05, 0.1) is 35.9 Å². The second-order valence-corrected chi connectivity index (χ2v) is 17.4. The zero-order valence-corrected chi connectivity index (χ0v) is 32.9. The zero-order chi connectivity index (χ0) is 38.2. The lowest BCUT2D eigenvalue weighted by Crippen LogP contribution is -2.57. The Morgan fingerprint density at radius 3 is 2.55 bits per heavy atom. The summed E-state index contributed by atoms with van der Waals surface area (Å²) in [5, 5.41) is 2.39. The molecule has 0 aliphatic carbocycles. The maximum Gasteiger partial charge on any atom is 0.410 e. The van der Waals surface area contributed by atoms with Crippen LogP contribution >= 0.6 is 11.6 Å². The Bertz CT molecular complexity index is 2110. The van der Waals surface area contributed by atoms with E-state index in [2.05, 4.69) is 16.7 Å². The number of nitrogens with zero attached hydrogens (tertiary/aromatic N) is 5. The predicted octanol–water partition coefficient (Wildman–Crippen LogP) is 7.83. The van der Waals surface area contributed by atoms with Crippen molar-refractivity contribution in [3.8, 4) is 22.9 Å². The molecule has 6 saturated heterocycles. The molecule has 13 heteroatoms. The van der Waals surface area contributed by atoms with Gasteiger partial charge in [0.15, 0.2) is 12.6 Å². The zero-order valence-electron chi connectivity index (χ0n) is 32.1. The van der Waals surface area contributed by atoms with Gasteiger partial charge in [-0.15, -0.1) is 0 Å². The number of ether oxygens (including phenoxy) is 5.